The fraction of sp³-hybridized carbons (Fsp3) is 0.586. The maximum absolute atomic E-state index is 12.8. The standard InChI is InChI=1S/C29H40O4S/c1-20(15-17-34(32,33)25-9-5-4-6-10-25)26-13-14-27-22(8-7-16-29(26,27)3)11-12-23-18-24(30)19-28(31)21(23)2/h4-6,9-12,20,24,26-28,30-31H,2,7-8,13-19H2,1,3H3/b22-11+,23-12-/t20-,24+,26-,27+,28-,29-/m1/s1. The number of hydrogen-bond acceptors (Lipinski definition) is 4. The molecule has 0 aromatic heterocycles. The van der Waals surface area contributed by atoms with E-state index in [-0.39, 0.29) is 11.2 Å². The SMILES string of the molecule is C=C1/C(=C\C=C2/CCC[C@]3(C)[C@@H]([C@H](C)CCS(=O)(=O)c4ccccc4)CC[C@@H]23)C[C@H](O)C[C@H]1O. The van der Waals surface area contributed by atoms with E-state index in [2.05, 4.69) is 32.6 Å². The van der Waals surface area contributed by atoms with Gasteiger partial charge in [0.25, 0.3) is 0 Å². The van der Waals surface area contributed by atoms with Crippen LogP contribution in [0.4, 0.5) is 0 Å². The van der Waals surface area contributed by atoms with Gasteiger partial charge in [-0.3, -0.25) is 0 Å². The van der Waals surface area contributed by atoms with E-state index in [9.17, 15) is 18.6 Å². The Morgan fingerprint density at radius 2 is 1.91 bits per heavy atom. The van der Waals surface area contributed by atoms with Gasteiger partial charge in [-0.25, -0.2) is 8.42 Å². The monoisotopic (exact) mass is 484 g/mol. The first-order valence-electron chi connectivity index (χ1n) is 12.8. The van der Waals surface area contributed by atoms with Crippen molar-refractivity contribution in [3.05, 3.63) is 65.8 Å². The summed E-state index contributed by atoms with van der Waals surface area (Å²) >= 11 is 0. The van der Waals surface area contributed by atoms with E-state index in [0.29, 0.717) is 41.9 Å². The minimum Gasteiger partial charge on any atom is -0.393 e. The Morgan fingerprint density at radius 3 is 2.65 bits per heavy atom. The number of aliphatic hydroxyl groups excluding tert-OH is 2. The molecule has 5 heteroatoms. The zero-order chi connectivity index (χ0) is 24.5. The van der Waals surface area contributed by atoms with E-state index < -0.39 is 22.0 Å². The van der Waals surface area contributed by atoms with Crippen molar-refractivity contribution in [2.75, 3.05) is 5.75 Å². The van der Waals surface area contributed by atoms with Crippen LogP contribution in [-0.2, 0) is 9.84 Å². The lowest BCUT2D eigenvalue weighted by Gasteiger charge is -2.44. The molecular weight excluding hydrogens is 444 g/mol. The fourth-order valence-corrected chi connectivity index (χ4v) is 8.46. The summed E-state index contributed by atoms with van der Waals surface area (Å²) in [5.74, 6) is 1.60. The molecule has 0 bridgehead atoms. The maximum atomic E-state index is 12.8. The third kappa shape index (κ3) is 5.12. The summed E-state index contributed by atoms with van der Waals surface area (Å²) in [6.45, 7) is 8.71. The minimum absolute atomic E-state index is 0.196. The Morgan fingerprint density at radius 1 is 1.18 bits per heavy atom. The number of fused-ring (bicyclic) bond motifs is 1. The molecule has 0 aliphatic heterocycles. The number of rotatable bonds is 6. The molecule has 34 heavy (non-hydrogen) atoms. The Hall–Kier alpha value is -1.69. The molecule has 3 saturated carbocycles. The summed E-state index contributed by atoms with van der Waals surface area (Å²) in [5.41, 5.74) is 3.36. The number of benzene rings is 1. The molecule has 4 rings (SSSR count). The van der Waals surface area contributed by atoms with Gasteiger partial charge in [-0.1, -0.05) is 56.4 Å². The predicted octanol–water partition coefficient (Wildman–Crippen LogP) is 5.63. The zero-order valence-electron chi connectivity index (χ0n) is 20.6. The van der Waals surface area contributed by atoms with Crippen LogP contribution in [0.15, 0.2) is 70.7 Å². The van der Waals surface area contributed by atoms with Gasteiger partial charge in [0.15, 0.2) is 9.84 Å². The molecule has 4 nitrogen and oxygen atoms in total. The molecule has 3 aliphatic carbocycles. The Labute approximate surface area is 205 Å². The van der Waals surface area contributed by atoms with Crippen molar-refractivity contribution in [3.8, 4) is 0 Å². The first kappa shape index (κ1) is 25.4. The number of sulfone groups is 1. The summed E-state index contributed by atoms with van der Waals surface area (Å²) in [6.07, 6.45) is 10.5. The average Bonchev–Trinajstić information content (AvgIpc) is 3.17. The molecule has 186 valence electrons. The first-order valence-corrected chi connectivity index (χ1v) is 14.5. The summed E-state index contributed by atoms with van der Waals surface area (Å²) in [7, 11) is -3.25. The van der Waals surface area contributed by atoms with Crippen LogP contribution in [0.5, 0.6) is 0 Å². The average molecular weight is 485 g/mol. The second-order valence-corrected chi connectivity index (χ2v) is 13.2. The van der Waals surface area contributed by atoms with Crippen molar-refractivity contribution in [3.63, 3.8) is 0 Å². The second kappa shape index (κ2) is 10.1. The minimum atomic E-state index is -3.25. The summed E-state index contributed by atoms with van der Waals surface area (Å²) < 4.78 is 25.6. The molecule has 0 amide bonds. The van der Waals surface area contributed by atoms with Gasteiger partial charge in [0.05, 0.1) is 22.9 Å². The quantitative estimate of drug-likeness (QED) is 0.549. The molecule has 6 atom stereocenters. The Bertz CT molecular complexity index is 1050. The number of allylic oxidation sites excluding steroid dienone is 3. The highest BCUT2D eigenvalue weighted by Crippen LogP contribution is 2.59. The van der Waals surface area contributed by atoms with Gasteiger partial charge in [-0.05, 0) is 91.4 Å². The molecule has 2 N–H and O–H groups in total. The second-order valence-electron chi connectivity index (χ2n) is 11.1. The van der Waals surface area contributed by atoms with Crippen molar-refractivity contribution >= 4 is 9.84 Å². The van der Waals surface area contributed by atoms with Crippen LogP contribution in [0.25, 0.3) is 0 Å². The van der Waals surface area contributed by atoms with Gasteiger partial charge in [0.1, 0.15) is 0 Å². The first-order chi connectivity index (χ1) is 16.1. The molecular formula is C29H40O4S. The molecule has 0 unspecified atom stereocenters. The Kier molecular flexibility index (Phi) is 7.56. The van der Waals surface area contributed by atoms with Crippen LogP contribution in [0.1, 0.15) is 65.2 Å². The highest BCUT2D eigenvalue weighted by molar-refractivity contribution is 7.91. The van der Waals surface area contributed by atoms with Gasteiger partial charge < -0.3 is 10.2 Å². The molecule has 0 heterocycles. The highest BCUT2D eigenvalue weighted by atomic mass is 32.2. The van der Waals surface area contributed by atoms with Crippen molar-refractivity contribution in [1.29, 1.82) is 0 Å². The number of hydrogen-bond donors (Lipinski definition) is 2. The van der Waals surface area contributed by atoms with Crippen LogP contribution in [0, 0.1) is 23.2 Å². The van der Waals surface area contributed by atoms with E-state index in [0.717, 1.165) is 36.8 Å². The third-order valence-corrected chi connectivity index (χ3v) is 10.7. The topological polar surface area (TPSA) is 74.6 Å². The van der Waals surface area contributed by atoms with Gasteiger partial charge in [-0.2, -0.15) is 0 Å². The molecule has 3 fully saturated rings. The zero-order valence-corrected chi connectivity index (χ0v) is 21.4. The molecule has 1 aromatic carbocycles. The van der Waals surface area contributed by atoms with Crippen LogP contribution < -0.4 is 0 Å². The highest BCUT2D eigenvalue weighted by Gasteiger charge is 2.50. The van der Waals surface area contributed by atoms with Gasteiger partial charge in [-0.15, -0.1) is 0 Å². The van der Waals surface area contributed by atoms with E-state index in [1.54, 1.807) is 24.3 Å². The predicted molar refractivity (Wildman–Crippen MR) is 137 cm³/mol. The normalized spacial score (nSPS) is 35.5. The van der Waals surface area contributed by atoms with Crippen molar-refractivity contribution in [2.24, 2.45) is 23.2 Å². The van der Waals surface area contributed by atoms with Gasteiger partial charge in [0.2, 0.25) is 0 Å². The van der Waals surface area contributed by atoms with E-state index in [1.807, 2.05) is 6.07 Å². The van der Waals surface area contributed by atoms with Crippen LogP contribution in [0.3, 0.4) is 0 Å². The molecule has 3 aliphatic rings. The summed E-state index contributed by atoms with van der Waals surface area (Å²) in [4.78, 5) is 0.424. The van der Waals surface area contributed by atoms with Crippen molar-refractivity contribution < 1.29 is 18.6 Å². The van der Waals surface area contributed by atoms with Gasteiger partial charge >= 0.3 is 0 Å². The van der Waals surface area contributed by atoms with Gasteiger partial charge in [0, 0.05) is 6.42 Å². The molecule has 1 aromatic rings. The summed E-state index contributed by atoms with van der Waals surface area (Å²) in [6, 6.07) is 8.80. The van der Waals surface area contributed by atoms with Crippen LogP contribution >= 0.6 is 0 Å². The lowest BCUT2D eigenvalue weighted by atomic mass is 9.61. The molecule has 0 radical (unpaired) electrons. The largest absolute Gasteiger partial charge is 0.393 e. The van der Waals surface area contributed by atoms with E-state index in [1.165, 1.54) is 12.0 Å². The van der Waals surface area contributed by atoms with E-state index in [4.69, 9.17) is 0 Å². The van der Waals surface area contributed by atoms with Crippen LogP contribution in [-0.4, -0.2) is 36.6 Å². The molecule has 0 saturated heterocycles. The third-order valence-electron chi connectivity index (χ3n) is 8.93. The molecule has 0 spiro atoms. The number of aliphatic hydroxyl groups is 2. The lowest BCUT2D eigenvalue weighted by Crippen LogP contribution is -2.36. The Balaban J connectivity index is 1.46. The lowest BCUT2D eigenvalue weighted by molar-refractivity contribution is 0.0861. The van der Waals surface area contributed by atoms with Crippen molar-refractivity contribution in [2.45, 2.75) is 82.3 Å². The van der Waals surface area contributed by atoms with Crippen molar-refractivity contribution in [1.82, 2.24) is 0 Å². The smallest absolute Gasteiger partial charge is 0.178 e. The summed E-state index contributed by atoms with van der Waals surface area (Å²) in [5, 5.41) is 20.2. The van der Waals surface area contributed by atoms with Crippen LogP contribution in [0.2, 0.25) is 0 Å². The van der Waals surface area contributed by atoms with E-state index >= 15 is 0 Å². The maximum Gasteiger partial charge on any atom is 0.178 e. The fourth-order valence-electron chi connectivity index (χ4n) is 6.97.